The number of aromatic hydroxyl groups is 1. The van der Waals surface area contributed by atoms with E-state index in [9.17, 15) is 27.9 Å². The first-order valence-corrected chi connectivity index (χ1v) is 7.94. The van der Waals surface area contributed by atoms with Gasteiger partial charge in [0.15, 0.2) is 4.88 Å². The first-order chi connectivity index (χ1) is 12.1. The quantitative estimate of drug-likeness (QED) is 0.479. The summed E-state index contributed by atoms with van der Waals surface area (Å²) in [5.74, 6) is -2.12. The molecule has 1 aromatic carbocycles. The summed E-state index contributed by atoms with van der Waals surface area (Å²) in [6.07, 6.45) is -4.67. The molecule has 6 nitrogen and oxygen atoms in total. The molecular formula is C16H13F3N2O4S. The highest BCUT2D eigenvalue weighted by molar-refractivity contribution is 7.10. The molecule has 138 valence electrons. The Bertz CT molecular complexity index is 857. The van der Waals surface area contributed by atoms with Gasteiger partial charge in [0.05, 0.1) is 23.9 Å². The van der Waals surface area contributed by atoms with Crippen molar-refractivity contribution in [1.82, 2.24) is 5.43 Å². The molecular weight excluding hydrogens is 373 g/mol. The Morgan fingerprint density at radius 2 is 1.77 bits per heavy atom. The van der Waals surface area contributed by atoms with Crippen LogP contribution in [-0.2, 0) is 10.9 Å². The molecule has 0 bridgehead atoms. The van der Waals surface area contributed by atoms with Gasteiger partial charge in [-0.1, -0.05) is 0 Å². The Morgan fingerprint density at radius 1 is 1.19 bits per heavy atom. The summed E-state index contributed by atoms with van der Waals surface area (Å²) in [6.45, 7) is 1.35. The smallest absolute Gasteiger partial charge is 0.429 e. The van der Waals surface area contributed by atoms with E-state index < -0.39 is 28.7 Å². The molecule has 0 spiro atoms. The second-order valence-electron chi connectivity index (χ2n) is 5.03. The van der Waals surface area contributed by atoms with Crippen LogP contribution in [0.2, 0.25) is 0 Å². The summed E-state index contributed by atoms with van der Waals surface area (Å²) in [5.41, 5.74) is 2.50. The largest absolute Gasteiger partial charge is 0.506 e. The van der Waals surface area contributed by atoms with E-state index in [1.165, 1.54) is 38.3 Å². The fourth-order valence-electron chi connectivity index (χ4n) is 1.94. The lowest BCUT2D eigenvalue weighted by atomic mass is 10.1. The summed E-state index contributed by atoms with van der Waals surface area (Å²) in [4.78, 5) is 22.2. The van der Waals surface area contributed by atoms with Crippen LogP contribution >= 0.6 is 11.3 Å². The molecule has 0 aliphatic rings. The number of nitrogens with one attached hydrogen (secondary N) is 1. The Hall–Kier alpha value is -2.88. The van der Waals surface area contributed by atoms with Crippen molar-refractivity contribution in [2.45, 2.75) is 13.1 Å². The van der Waals surface area contributed by atoms with Gasteiger partial charge >= 0.3 is 12.1 Å². The summed E-state index contributed by atoms with van der Waals surface area (Å²) >= 11 is 0.336. The number of hydrazone groups is 1. The van der Waals surface area contributed by atoms with Crippen LogP contribution in [0, 0.1) is 0 Å². The van der Waals surface area contributed by atoms with Crippen LogP contribution in [0.5, 0.6) is 5.75 Å². The van der Waals surface area contributed by atoms with Crippen LogP contribution in [0.15, 0.2) is 34.7 Å². The number of benzene rings is 1. The van der Waals surface area contributed by atoms with Crippen molar-refractivity contribution in [2.75, 3.05) is 7.11 Å². The van der Waals surface area contributed by atoms with E-state index in [2.05, 4.69) is 15.3 Å². The maximum atomic E-state index is 12.7. The zero-order valence-corrected chi connectivity index (χ0v) is 14.4. The number of esters is 1. The van der Waals surface area contributed by atoms with E-state index >= 15 is 0 Å². The van der Waals surface area contributed by atoms with E-state index in [-0.39, 0.29) is 22.4 Å². The van der Waals surface area contributed by atoms with Gasteiger partial charge < -0.3 is 9.84 Å². The Balaban J connectivity index is 2.13. The minimum absolute atomic E-state index is 0.00813. The minimum atomic E-state index is -4.67. The maximum absolute atomic E-state index is 12.7. The average Bonchev–Trinajstić information content (AvgIpc) is 3.00. The zero-order valence-electron chi connectivity index (χ0n) is 13.5. The number of carbonyl (C=O) groups excluding carboxylic acids is 2. The molecule has 2 rings (SSSR count). The third-order valence-corrected chi connectivity index (χ3v) is 4.32. The first kappa shape index (κ1) is 19.4. The van der Waals surface area contributed by atoms with Crippen LogP contribution in [0.1, 0.15) is 38.1 Å². The number of rotatable bonds is 4. The minimum Gasteiger partial charge on any atom is -0.506 e. The number of halogens is 3. The lowest BCUT2D eigenvalue weighted by molar-refractivity contribution is -0.135. The molecule has 0 radical (unpaired) electrons. The van der Waals surface area contributed by atoms with Crippen molar-refractivity contribution >= 4 is 28.9 Å². The number of hydrogen-bond donors (Lipinski definition) is 2. The highest BCUT2D eigenvalue weighted by atomic mass is 32.1. The van der Waals surface area contributed by atoms with Crippen molar-refractivity contribution < 1.29 is 32.6 Å². The molecule has 2 aromatic rings. The lowest BCUT2D eigenvalue weighted by Crippen LogP contribution is -2.19. The molecule has 2 N–H and O–H groups in total. The average molecular weight is 386 g/mol. The molecule has 0 aliphatic heterocycles. The van der Waals surface area contributed by atoms with Crippen LogP contribution in [0.4, 0.5) is 13.2 Å². The van der Waals surface area contributed by atoms with E-state index in [4.69, 9.17) is 0 Å². The molecule has 0 aliphatic carbocycles. The number of methoxy groups -OCH3 is 1. The molecule has 1 heterocycles. The number of carbonyl (C=O) groups is 2. The molecule has 0 saturated heterocycles. The van der Waals surface area contributed by atoms with Crippen molar-refractivity contribution in [3.8, 4) is 5.75 Å². The van der Waals surface area contributed by atoms with Crippen molar-refractivity contribution in [2.24, 2.45) is 5.10 Å². The number of hydrogen-bond acceptors (Lipinski definition) is 6. The standard InChI is InChI=1S/C16H13F3N2O4S/c1-8(11-7-26-13(12(11)22)16(17,18)19)20-21-14(23)9-3-5-10(6-4-9)15(24)25-2/h3-7,22H,1-2H3,(H,21,23). The molecule has 10 heteroatoms. The predicted molar refractivity (Wildman–Crippen MR) is 88.4 cm³/mol. The van der Waals surface area contributed by atoms with Crippen LogP contribution in [0.3, 0.4) is 0 Å². The fraction of sp³-hybridized carbons (Fsp3) is 0.188. The highest BCUT2D eigenvalue weighted by Gasteiger charge is 2.37. The molecule has 26 heavy (non-hydrogen) atoms. The molecule has 1 aromatic heterocycles. The van der Waals surface area contributed by atoms with Gasteiger partial charge in [0.2, 0.25) is 0 Å². The number of alkyl halides is 3. The number of nitrogens with zero attached hydrogens (tertiary/aromatic N) is 1. The fourth-order valence-corrected chi connectivity index (χ4v) is 2.82. The molecule has 0 fully saturated rings. The van der Waals surface area contributed by atoms with Gasteiger partial charge in [0, 0.05) is 10.9 Å². The first-order valence-electron chi connectivity index (χ1n) is 7.06. The van der Waals surface area contributed by atoms with Crippen molar-refractivity contribution in [3.05, 3.63) is 51.2 Å². The van der Waals surface area contributed by atoms with Crippen LogP contribution in [-0.4, -0.2) is 29.8 Å². The van der Waals surface area contributed by atoms with Gasteiger partial charge in [-0.25, -0.2) is 10.2 Å². The second kappa shape index (κ2) is 7.56. The molecule has 0 saturated carbocycles. The SMILES string of the molecule is COC(=O)c1ccc(C(=O)NN=C(C)c2csc(C(F)(F)F)c2O)cc1. The van der Waals surface area contributed by atoms with E-state index in [1.54, 1.807) is 0 Å². The van der Waals surface area contributed by atoms with Crippen molar-refractivity contribution in [3.63, 3.8) is 0 Å². The Morgan fingerprint density at radius 3 is 2.27 bits per heavy atom. The Kier molecular flexibility index (Phi) is 5.66. The van der Waals surface area contributed by atoms with Gasteiger partial charge in [0.1, 0.15) is 5.75 Å². The van der Waals surface area contributed by atoms with E-state index in [0.717, 1.165) is 5.38 Å². The van der Waals surface area contributed by atoms with Gasteiger partial charge in [0.25, 0.3) is 5.91 Å². The molecule has 0 unspecified atom stereocenters. The summed E-state index contributed by atoms with van der Waals surface area (Å²) in [6, 6.07) is 5.52. The van der Waals surface area contributed by atoms with Crippen LogP contribution in [0.25, 0.3) is 0 Å². The third-order valence-electron chi connectivity index (χ3n) is 3.31. The van der Waals surface area contributed by atoms with Crippen LogP contribution < -0.4 is 5.43 Å². The van der Waals surface area contributed by atoms with E-state index in [0.29, 0.717) is 11.3 Å². The third kappa shape index (κ3) is 4.20. The molecule has 0 atom stereocenters. The van der Waals surface area contributed by atoms with Gasteiger partial charge in [-0.15, -0.1) is 11.3 Å². The topological polar surface area (TPSA) is 88.0 Å². The monoisotopic (exact) mass is 386 g/mol. The predicted octanol–water partition coefficient (Wildman–Crippen LogP) is 3.41. The maximum Gasteiger partial charge on any atom is 0.429 e. The zero-order chi connectivity index (χ0) is 19.5. The molecule has 1 amide bonds. The number of thiophene rings is 1. The van der Waals surface area contributed by atoms with Gasteiger partial charge in [-0.2, -0.15) is 18.3 Å². The second-order valence-corrected chi connectivity index (χ2v) is 5.91. The summed E-state index contributed by atoms with van der Waals surface area (Å²) in [5, 5.41) is 14.5. The highest BCUT2D eigenvalue weighted by Crippen LogP contribution is 2.42. The van der Waals surface area contributed by atoms with Crippen molar-refractivity contribution in [1.29, 1.82) is 0 Å². The summed E-state index contributed by atoms with van der Waals surface area (Å²) in [7, 11) is 1.23. The van der Waals surface area contributed by atoms with E-state index in [1.807, 2.05) is 0 Å². The normalized spacial score (nSPS) is 12.0. The Labute approximate surface area is 149 Å². The summed E-state index contributed by atoms with van der Waals surface area (Å²) < 4.78 is 42.6. The van der Waals surface area contributed by atoms with Gasteiger partial charge in [-0.3, -0.25) is 4.79 Å². The lowest BCUT2D eigenvalue weighted by Gasteiger charge is -2.05. The number of amides is 1. The number of ether oxygens (including phenoxy) is 1. The van der Waals surface area contributed by atoms with Gasteiger partial charge in [-0.05, 0) is 31.2 Å².